The Bertz CT molecular complexity index is 939. The van der Waals surface area contributed by atoms with Crippen LogP contribution >= 0.6 is 0 Å². The van der Waals surface area contributed by atoms with Crippen molar-refractivity contribution in [1.29, 1.82) is 0 Å². The highest BCUT2D eigenvalue weighted by atomic mass is 32.2. The van der Waals surface area contributed by atoms with Crippen molar-refractivity contribution in [3.05, 3.63) is 24.3 Å². The molecule has 8 nitrogen and oxygen atoms in total. The van der Waals surface area contributed by atoms with E-state index in [1.165, 1.54) is 28.6 Å². The second-order valence-corrected chi connectivity index (χ2v) is 11.9. The molecule has 2 N–H and O–H groups in total. The van der Waals surface area contributed by atoms with Gasteiger partial charge in [-0.25, -0.2) is 21.6 Å². The number of nitrogens with zero attached hydrogens (tertiary/aromatic N) is 1. The van der Waals surface area contributed by atoms with Gasteiger partial charge in [0.15, 0.2) is 0 Å². The number of carbonyl (C=O) groups is 1. The summed E-state index contributed by atoms with van der Waals surface area (Å²) in [4.78, 5) is 12.4. The molecule has 162 valence electrons. The lowest BCUT2D eigenvalue weighted by molar-refractivity contribution is -0.126. The average molecular weight is 444 g/mol. The Morgan fingerprint density at radius 3 is 2.28 bits per heavy atom. The zero-order valence-electron chi connectivity index (χ0n) is 16.8. The van der Waals surface area contributed by atoms with E-state index in [4.69, 9.17) is 0 Å². The van der Waals surface area contributed by atoms with Crippen LogP contribution in [0.5, 0.6) is 0 Å². The predicted molar refractivity (Wildman–Crippen MR) is 109 cm³/mol. The van der Waals surface area contributed by atoms with E-state index in [0.29, 0.717) is 25.9 Å². The van der Waals surface area contributed by atoms with Crippen LogP contribution in [0.15, 0.2) is 34.1 Å². The quantitative estimate of drug-likeness (QED) is 0.629. The average Bonchev–Trinajstić information content (AvgIpc) is 3.50. The molecule has 0 aromatic heterocycles. The Morgan fingerprint density at radius 1 is 1.07 bits per heavy atom. The maximum Gasteiger partial charge on any atom is 0.243 e. The number of nitrogens with one attached hydrogen (secondary N) is 2. The van der Waals surface area contributed by atoms with E-state index in [2.05, 4.69) is 10.0 Å². The van der Waals surface area contributed by atoms with E-state index in [-0.39, 0.29) is 40.1 Å². The van der Waals surface area contributed by atoms with Crippen LogP contribution in [-0.2, 0) is 24.8 Å². The van der Waals surface area contributed by atoms with Crippen LogP contribution < -0.4 is 10.0 Å². The van der Waals surface area contributed by atoms with Crippen LogP contribution in [0.4, 0.5) is 0 Å². The molecule has 1 amide bonds. The molecule has 1 heterocycles. The lowest BCUT2D eigenvalue weighted by Crippen LogP contribution is -2.45. The van der Waals surface area contributed by atoms with Gasteiger partial charge in [-0.1, -0.05) is 13.8 Å². The minimum atomic E-state index is -3.79. The van der Waals surface area contributed by atoms with Crippen molar-refractivity contribution in [2.24, 2.45) is 11.8 Å². The number of benzene rings is 1. The van der Waals surface area contributed by atoms with Gasteiger partial charge in [0.1, 0.15) is 0 Å². The molecule has 1 unspecified atom stereocenters. The second kappa shape index (κ2) is 8.71. The summed E-state index contributed by atoms with van der Waals surface area (Å²) in [7, 11) is -7.47. The molecule has 29 heavy (non-hydrogen) atoms. The maximum atomic E-state index is 13.0. The third kappa shape index (κ3) is 5.56. The summed E-state index contributed by atoms with van der Waals surface area (Å²) >= 11 is 0. The zero-order valence-corrected chi connectivity index (χ0v) is 18.4. The largest absolute Gasteiger partial charge is 0.353 e. The van der Waals surface area contributed by atoms with Gasteiger partial charge in [-0.2, -0.15) is 4.31 Å². The third-order valence-electron chi connectivity index (χ3n) is 5.13. The lowest BCUT2D eigenvalue weighted by Gasteiger charge is -2.31. The summed E-state index contributed by atoms with van der Waals surface area (Å²) in [5.74, 6) is -0.266. The van der Waals surface area contributed by atoms with Gasteiger partial charge in [0.2, 0.25) is 26.0 Å². The fourth-order valence-electron chi connectivity index (χ4n) is 3.22. The molecule has 0 bridgehead atoms. The van der Waals surface area contributed by atoms with Gasteiger partial charge in [-0.15, -0.1) is 0 Å². The minimum absolute atomic E-state index is 0.0254. The molecule has 1 saturated carbocycles. The van der Waals surface area contributed by atoms with Crippen LogP contribution in [0.1, 0.15) is 39.5 Å². The molecule has 0 radical (unpaired) electrons. The standard InChI is InChI=1S/C19H29N3O5S2/c1-14(2)12-20-28(24,25)17-7-9-18(10-8-17)29(26,27)22-11-3-4-15(13-22)19(23)21-16-5-6-16/h7-10,14-16,20H,3-6,11-13H2,1-2H3,(H,21,23). The van der Waals surface area contributed by atoms with Gasteiger partial charge >= 0.3 is 0 Å². The second-order valence-electron chi connectivity index (χ2n) is 8.20. The van der Waals surface area contributed by atoms with Crippen LogP contribution in [0, 0.1) is 11.8 Å². The number of hydrogen-bond donors (Lipinski definition) is 2. The molecule has 2 fully saturated rings. The molecule has 2 aliphatic rings. The van der Waals surface area contributed by atoms with Gasteiger partial charge in [0.25, 0.3) is 0 Å². The monoisotopic (exact) mass is 443 g/mol. The first-order valence-corrected chi connectivity index (χ1v) is 12.9. The van der Waals surface area contributed by atoms with Gasteiger partial charge in [0, 0.05) is 25.7 Å². The highest BCUT2D eigenvalue weighted by Gasteiger charge is 2.35. The molecule has 1 aliphatic carbocycles. The van der Waals surface area contributed by atoms with Crippen molar-refractivity contribution >= 4 is 26.0 Å². The Morgan fingerprint density at radius 2 is 1.69 bits per heavy atom. The van der Waals surface area contributed by atoms with Crippen molar-refractivity contribution in [3.63, 3.8) is 0 Å². The summed E-state index contributed by atoms with van der Waals surface area (Å²) in [5.41, 5.74) is 0. The Balaban J connectivity index is 1.70. The minimum Gasteiger partial charge on any atom is -0.353 e. The van der Waals surface area contributed by atoms with Crippen LogP contribution in [0.25, 0.3) is 0 Å². The van der Waals surface area contributed by atoms with Crippen LogP contribution in [-0.4, -0.2) is 52.7 Å². The summed E-state index contributed by atoms with van der Waals surface area (Å²) in [5, 5.41) is 2.95. The molecule has 0 spiro atoms. The van der Waals surface area contributed by atoms with Crippen LogP contribution in [0.3, 0.4) is 0 Å². The number of carbonyl (C=O) groups excluding carboxylic acids is 1. The van der Waals surface area contributed by atoms with Gasteiger partial charge in [0.05, 0.1) is 15.7 Å². The molecule has 1 aromatic rings. The first-order valence-electron chi connectivity index (χ1n) is 10.00. The molecule has 10 heteroatoms. The van der Waals surface area contributed by atoms with Gasteiger partial charge < -0.3 is 5.32 Å². The number of hydrogen-bond acceptors (Lipinski definition) is 5. The molecule has 3 rings (SSSR count). The zero-order chi connectivity index (χ0) is 21.2. The summed E-state index contributed by atoms with van der Waals surface area (Å²) in [6.07, 6.45) is 3.26. The van der Waals surface area contributed by atoms with Crippen molar-refractivity contribution in [2.75, 3.05) is 19.6 Å². The summed E-state index contributed by atoms with van der Waals surface area (Å²) in [6.45, 7) is 4.60. The molecule has 1 atom stereocenters. The Hall–Kier alpha value is -1.49. The number of sulfonamides is 2. The van der Waals surface area contributed by atoms with Crippen molar-refractivity contribution in [1.82, 2.24) is 14.3 Å². The molecule has 1 aliphatic heterocycles. The third-order valence-corrected chi connectivity index (χ3v) is 8.45. The van der Waals surface area contributed by atoms with E-state index in [0.717, 1.165) is 12.8 Å². The fraction of sp³-hybridized carbons (Fsp3) is 0.632. The van der Waals surface area contributed by atoms with Crippen molar-refractivity contribution in [2.45, 2.75) is 55.4 Å². The molecule has 1 aromatic carbocycles. The number of rotatable bonds is 8. The van der Waals surface area contributed by atoms with E-state index >= 15 is 0 Å². The van der Waals surface area contributed by atoms with Crippen molar-refractivity contribution < 1.29 is 21.6 Å². The van der Waals surface area contributed by atoms with E-state index in [1.54, 1.807) is 0 Å². The first kappa shape index (κ1) is 22.2. The first-order chi connectivity index (χ1) is 13.6. The number of piperidine rings is 1. The topological polar surface area (TPSA) is 113 Å². The SMILES string of the molecule is CC(C)CNS(=O)(=O)c1ccc(S(=O)(=O)N2CCCC(C(=O)NC3CC3)C2)cc1. The molecular formula is C19H29N3O5S2. The van der Waals surface area contributed by atoms with Gasteiger partial charge in [-0.05, 0) is 55.9 Å². The highest BCUT2D eigenvalue weighted by Crippen LogP contribution is 2.26. The summed E-state index contributed by atoms with van der Waals surface area (Å²) in [6, 6.07) is 5.47. The van der Waals surface area contributed by atoms with Crippen LogP contribution in [0.2, 0.25) is 0 Å². The fourth-order valence-corrected chi connectivity index (χ4v) is 5.96. The highest BCUT2D eigenvalue weighted by molar-refractivity contribution is 7.89. The maximum absolute atomic E-state index is 13.0. The molecule has 1 saturated heterocycles. The van der Waals surface area contributed by atoms with E-state index in [1.807, 2.05) is 13.8 Å². The predicted octanol–water partition coefficient (Wildman–Crippen LogP) is 1.30. The summed E-state index contributed by atoms with van der Waals surface area (Å²) < 4.78 is 54.4. The lowest BCUT2D eigenvalue weighted by atomic mass is 9.99. The smallest absolute Gasteiger partial charge is 0.243 e. The Labute approximate surface area is 173 Å². The van der Waals surface area contributed by atoms with E-state index in [9.17, 15) is 21.6 Å². The number of amides is 1. The normalized spacial score (nSPS) is 21.3. The Kier molecular flexibility index (Phi) is 6.67. The molecular weight excluding hydrogens is 414 g/mol. The van der Waals surface area contributed by atoms with Gasteiger partial charge in [-0.3, -0.25) is 4.79 Å². The van der Waals surface area contributed by atoms with E-state index < -0.39 is 20.0 Å². The van der Waals surface area contributed by atoms with Crippen molar-refractivity contribution in [3.8, 4) is 0 Å².